The van der Waals surface area contributed by atoms with E-state index in [-0.39, 0.29) is 0 Å². The molecular formula is C4H8F. The Morgan fingerprint density at radius 2 is 1.40 bits per heavy atom. The lowest BCUT2D eigenvalue weighted by atomic mass is 10.6. The fourth-order valence-electron chi connectivity index (χ4n) is 0. The highest BCUT2D eigenvalue weighted by atomic mass is 19.1. The van der Waals surface area contributed by atoms with Crippen LogP contribution in [-0.4, -0.2) is 0 Å². The van der Waals surface area contributed by atoms with Crippen LogP contribution in [-0.2, 0) is 0 Å². The maximum Gasteiger partial charge on any atom is 0.232 e. The van der Waals surface area contributed by atoms with Crippen molar-refractivity contribution in [1.82, 2.24) is 0 Å². The van der Waals surface area contributed by atoms with Gasteiger partial charge in [-0.25, -0.2) is 4.39 Å². The molecule has 0 aromatic rings. The molecule has 0 amide bonds. The molecule has 0 aromatic carbocycles. The molecule has 0 spiro atoms. The second kappa shape index (κ2) is 39.0. The van der Waals surface area contributed by atoms with Gasteiger partial charge in [-0.1, -0.05) is 20.3 Å². The SMILES string of the molecule is CCC.[C]F. The van der Waals surface area contributed by atoms with Gasteiger partial charge in [0.25, 0.3) is 0 Å². The maximum absolute atomic E-state index is 8.75. The van der Waals surface area contributed by atoms with Gasteiger partial charge < -0.3 is 0 Å². The Morgan fingerprint density at radius 1 is 1.40 bits per heavy atom. The van der Waals surface area contributed by atoms with Gasteiger partial charge in [-0.05, 0) is 0 Å². The second-order valence-electron chi connectivity index (χ2n) is 0.707. The highest BCUT2D eigenvalue weighted by molar-refractivity contribution is 3.92. The van der Waals surface area contributed by atoms with Crippen molar-refractivity contribution in [2.45, 2.75) is 20.3 Å². The van der Waals surface area contributed by atoms with Crippen molar-refractivity contribution in [2.75, 3.05) is 0 Å². The summed E-state index contributed by atoms with van der Waals surface area (Å²) in [7, 11) is 4.25. The molecule has 0 bridgehead atoms. The van der Waals surface area contributed by atoms with Crippen molar-refractivity contribution in [1.29, 1.82) is 0 Å². The molecule has 0 saturated heterocycles. The van der Waals surface area contributed by atoms with Crippen molar-refractivity contribution in [3.8, 4) is 0 Å². The van der Waals surface area contributed by atoms with E-state index >= 15 is 0 Å². The van der Waals surface area contributed by atoms with Crippen molar-refractivity contribution in [2.24, 2.45) is 0 Å². The Labute approximate surface area is 33.0 Å². The molecule has 0 aliphatic rings. The molecule has 1 heteroatoms. The predicted molar refractivity (Wildman–Crippen MR) is 20.3 cm³/mol. The van der Waals surface area contributed by atoms with E-state index in [9.17, 15) is 0 Å². The van der Waals surface area contributed by atoms with E-state index in [1.165, 1.54) is 6.42 Å². The topological polar surface area (TPSA) is 0 Å². The molecule has 0 aliphatic carbocycles. The van der Waals surface area contributed by atoms with Crippen LogP contribution in [0.15, 0.2) is 0 Å². The number of rotatable bonds is 0. The van der Waals surface area contributed by atoms with Gasteiger partial charge in [-0.2, -0.15) is 0 Å². The number of hydrogen-bond donors (Lipinski definition) is 0. The minimum atomic E-state index is 1.25. The Kier molecular flexibility index (Phi) is 69.2. The Bertz CT molecular complexity index is 3.61. The fourth-order valence-corrected chi connectivity index (χ4v) is 0. The van der Waals surface area contributed by atoms with Gasteiger partial charge in [0.1, 0.15) is 0 Å². The van der Waals surface area contributed by atoms with E-state index < -0.39 is 0 Å². The summed E-state index contributed by atoms with van der Waals surface area (Å²) in [5.41, 5.74) is 0. The molecule has 0 fully saturated rings. The average Bonchev–Trinajstić information content (AvgIpc) is 1.46. The first-order valence-electron chi connectivity index (χ1n) is 1.60. The quantitative estimate of drug-likeness (QED) is 0.412. The van der Waals surface area contributed by atoms with Crippen LogP contribution in [0.25, 0.3) is 0 Å². The number of halogens is 1. The Morgan fingerprint density at radius 3 is 1.40 bits per heavy atom. The van der Waals surface area contributed by atoms with Gasteiger partial charge in [-0.15, -0.1) is 0 Å². The Balaban J connectivity index is 0. The summed E-state index contributed by atoms with van der Waals surface area (Å²) >= 11 is 0. The highest BCUT2D eigenvalue weighted by Crippen LogP contribution is 1.56. The summed E-state index contributed by atoms with van der Waals surface area (Å²) in [4.78, 5) is 0. The molecule has 0 nitrogen and oxygen atoms in total. The average molecular weight is 75.1 g/mol. The second-order valence-corrected chi connectivity index (χ2v) is 0.707. The van der Waals surface area contributed by atoms with Crippen LogP contribution in [0.1, 0.15) is 20.3 Å². The van der Waals surface area contributed by atoms with Crippen LogP contribution < -0.4 is 0 Å². The molecule has 3 radical (unpaired) electrons. The molecule has 0 saturated carbocycles. The lowest BCUT2D eigenvalue weighted by molar-refractivity contribution is 0.713. The summed E-state index contributed by atoms with van der Waals surface area (Å²) < 4.78 is 8.75. The zero-order valence-corrected chi connectivity index (χ0v) is 3.59. The van der Waals surface area contributed by atoms with Crippen molar-refractivity contribution in [3.63, 3.8) is 0 Å². The van der Waals surface area contributed by atoms with Gasteiger partial charge >= 0.3 is 0 Å². The van der Waals surface area contributed by atoms with Crippen LogP contribution >= 0.6 is 0 Å². The van der Waals surface area contributed by atoms with Crippen molar-refractivity contribution < 1.29 is 4.39 Å². The first-order valence-corrected chi connectivity index (χ1v) is 1.60. The minimum absolute atomic E-state index is 1.25. The van der Waals surface area contributed by atoms with Gasteiger partial charge in [0.2, 0.25) is 7.18 Å². The summed E-state index contributed by atoms with van der Waals surface area (Å²) in [6.45, 7) is 4.25. The first kappa shape index (κ1) is 8.87. The molecule has 0 unspecified atom stereocenters. The lowest BCUT2D eigenvalue weighted by Crippen LogP contribution is -1.27. The van der Waals surface area contributed by atoms with E-state index in [1.807, 2.05) is 0 Å². The van der Waals surface area contributed by atoms with Gasteiger partial charge in [0.05, 0.1) is 0 Å². The van der Waals surface area contributed by atoms with E-state index in [1.54, 1.807) is 0 Å². The molecular weight excluding hydrogens is 67.0 g/mol. The zero-order valence-electron chi connectivity index (χ0n) is 3.59. The molecule has 0 aliphatic heterocycles. The first-order chi connectivity index (χ1) is 2.41. The highest BCUT2D eigenvalue weighted by Gasteiger charge is 1.35. The predicted octanol–water partition coefficient (Wildman–Crippen LogP) is 1.92. The molecule has 0 N–H and O–H groups in total. The third-order valence-electron chi connectivity index (χ3n) is 0. The van der Waals surface area contributed by atoms with Crippen LogP contribution in [0.2, 0.25) is 0 Å². The van der Waals surface area contributed by atoms with Crippen LogP contribution in [0.5, 0.6) is 0 Å². The summed E-state index contributed by atoms with van der Waals surface area (Å²) in [5, 5.41) is 0. The third-order valence-corrected chi connectivity index (χ3v) is 0. The molecule has 0 heterocycles. The van der Waals surface area contributed by atoms with Gasteiger partial charge in [0.15, 0.2) is 0 Å². The summed E-state index contributed by atoms with van der Waals surface area (Å²) in [6, 6.07) is 0. The molecule has 0 aromatic heterocycles. The lowest BCUT2D eigenvalue weighted by Gasteiger charge is -1.48. The van der Waals surface area contributed by atoms with Crippen LogP contribution in [0.3, 0.4) is 0 Å². The monoisotopic (exact) mass is 75.1 g/mol. The van der Waals surface area contributed by atoms with E-state index in [4.69, 9.17) is 4.39 Å². The largest absolute Gasteiger partial charge is 0.232 e. The summed E-state index contributed by atoms with van der Waals surface area (Å²) in [5.74, 6) is 0. The summed E-state index contributed by atoms with van der Waals surface area (Å²) in [6.07, 6.45) is 1.25. The van der Waals surface area contributed by atoms with Crippen LogP contribution in [0, 0.1) is 7.18 Å². The van der Waals surface area contributed by atoms with Gasteiger partial charge in [-0.3, -0.25) is 0 Å². The van der Waals surface area contributed by atoms with Crippen molar-refractivity contribution >= 4 is 0 Å². The standard InChI is InChI=1S/C3H8.CF/c1-3-2;1-2/h3H2,1-2H3;. The molecule has 31 valence electrons. The molecule has 5 heavy (non-hydrogen) atoms. The maximum atomic E-state index is 8.75. The smallest absolute Gasteiger partial charge is 0.232 e. The fraction of sp³-hybridized carbons (Fsp3) is 0.750. The van der Waals surface area contributed by atoms with Gasteiger partial charge in [0, 0.05) is 0 Å². The van der Waals surface area contributed by atoms with E-state index in [0.29, 0.717) is 0 Å². The van der Waals surface area contributed by atoms with Crippen LogP contribution in [0.4, 0.5) is 4.39 Å². The Hall–Kier alpha value is -0.0700. The zero-order chi connectivity index (χ0) is 4.71. The van der Waals surface area contributed by atoms with E-state index in [0.717, 1.165) is 0 Å². The van der Waals surface area contributed by atoms with Crippen molar-refractivity contribution in [3.05, 3.63) is 7.18 Å². The molecule has 0 rings (SSSR count). The normalized spacial score (nSPS) is 4.80. The third kappa shape index (κ3) is 2990. The minimum Gasteiger partial charge on any atom is -0.232 e. The number of hydrogen-bond acceptors (Lipinski definition) is 0. The van der Waals surface area contributed by atoms with E-state index in [2.05, 4.69) is 21.0 Å². The molecule has 0 atom stereocenters.